The molecule has 0 N–H and O–H groups in total. The first-order valence-corrected chi connectivity index (χ1v) is 11.4. The first kappa shape index (κ1) is 18.5. The lowest BCUT2D eigenvalue weighted by atomic mass is 9.99. The van der Waals surface area contributed by atoms with Gasteiger partial charge in [-0.15, -0.1) is 0 Å². The lowest BCUT2D eigenvalue weighted by Crippen LogP contribution is -2.38. The van der Waals surface area contributed by atoms with Gasteiger partial charge in [0.1, 0.15) is 0 Å². The van der Waals surface area contributed by atoms with Crippen LogP contribution in [0.25, 0.3) is 0 Å². The molecule has 2 saturated heterocycles. The van der Waals surface area contributed by atoms with Crippen LogP contribution in [0.1, 0.15) is 45.1 Å². The Bertz CT molecular complexity index is 802. The SMILES string of the molecule is CCCC(=O)N=C1S[C@@H]2CS(=O)(=O)C[C@H]2N1c1ccccc1C(C)C. The van der Waals surface area contributed by atoms with E-state index in [4.69, 9.17) is 0 Å². The van der Waals surface area contributed by atoms with E-state index in [1.807, 2.05) is 30.0 Å². The second kappa shape index (κ2) is 7.11. The molecule has 0 spiro atoms. The highest BCUT2D eigenvalue weighted by Crippen LogP contribution is 2.43. The quantitative estimate of drug-likeness (QED) is 0.802. The van der Waals surface area contributed by atoms with Crippen LogP contribution in [0.2, 0.25) is 0 Å². The number of anilines is 1. The van der Waals surface area contributed by atoms with Crippen molar-refractivity contribution in [2.45, 2.75) is 50.8 Å². The predicted octanol–water partition coefficient (Wildman–Crippen LogP) is 3.21. The van der Waals surface area contributed by atoms with Crippen LogP contribution < -0.4 is 4.90 Å². The maximum Gasteiger partial charge on any atom is 0.248 e. The van der Waals surface area contributed by atoms with Crippen LogP contribution in [0, 0.1) is 0 Å². The molecule has 1 amide bonds. The van der Waals surface area contributed by atoms with Gasteiger partial charge in [-0.05, 0) is 24.0 Å². The highest BCUT2D eigenvalue weighted by Gasteiger charge is 2.49. The van der Waals surface area contributed by atoms with Crippen molar-refractivity contribution in [3.8, 4) is 0 Å². The predicted molar refractivity (Wildman–Crippen MR) is 104 cm³/mol. The van der Waals surface area contributed by atoms with Gasteiger partial charge in [0.2, 0.25) is 5.91 Å². The lowest BCUT2D eigenvalue weighted by Gasteiger charge is -2.28. The summed E-state index contributed by atoms with van der Waals surface area (Å²) >= 11 is 1.44. The number of para-hydroxylation sites is 1. The van der Waals surface area contributed by atoms with Crippen LogP contribution in [-0.4, -0.2) is 42.3 Å². The van der Waals surface area contributed by atoms with Gasteiger partial charge < -0.3 is 4.90 Å². The van der Waals surface area contributed by atoms with Crippen LogP contribution in [-0.2, 0) is 14.6 Å². The largest absolute Gasteiger partial charge is 0.315 e. The maximum absolute atomic E-state index is 12.1. The molecule has 7 heteroatoms. The van der Waals surface area contributed by atoms with E-state index in [9.17, 15) is 13.2 Å². The van der Waals surface area contributed by atoms with Crippen molar-refractivity contribution in [2.75, 3.05) is 16.4 Å². The third-order valence-electron chi connectivity index (χ3n) is 4.57. The Morgan fingerprint density at radius 3 is 2.72 bits per heavy atom. The van der Waals surface area contributed by atoms with Crippen molar-refractivity contribution in [1.82, 2.24) is 0 Å². The van der Waals surface area contributed by atoms with Gasteiger partial charge in [0.05, 0.1) is 17.5 Å². The third-order valence-corrected chi connectivity index (χ3v) is 7.78. The molecule has 0 saturated carbocycles. The molecule has 3 rings (SSSR count). The zero-order valence-corrected chi connectivity index (χ0v) is 16.4. The number of amidine groups is 1. The summed E-state index contributed by atoms with van der Waals surface area (Å²) in [5.74, 6) is 0.438. The van der Waals surface area contributed by atoms with E-state index in [0.29, 0.717) is 17.5 Å². The number of rotatable bonds is 4. The number of benzene rings is 1. The van der Waals surface area contributed by atoms with Crippen LogP contribution in [0.5, 0.6) is 0 Å². The molecule has 1 aromatic carbocycles. The van der Waals surface area contributed by atoms with E-state index in [2.05, 4.69) is 24.9 Å². The molecule has 5 nitrogen and oxygen atoms in total. The molecular weight excluding hydrogens is 356 g/mol. The number of aliphatic imine (C=N–C) groups is 1. The van der Waals surface area contributed by atoms with Gasteiger partial charge in [-0.25, -0.2) is 8.42 Å². The van der Waals surface area contributed by atoms with E-state index in [-0.39, 0.29) is 28.7 Å². The molecule has 2 aliphatic heterocycles. The fourth-order valence-electron chi connectivity index (χ4n) is 3.42. The third kappa shape index (κ3) is 3.77. The fraction of sp³-hybridized carbons (Fsp3) is 0.556. The minimum atomic E-state index is -3.04. The Balaban J connectivity index is 2.06. The fourth-order valence-corrected chi connectivity index (χ4v) is 7.34. The van der Waals surface area contributed by atoms with Gasteiger partial charge in [0.15, 0.2) is 15.0 Å². The number of nitrogens with zero attached hydrogens (tertiary/aromatic N) is 2. The number of carbonyl (C=O) groups is 1. The Kier molecular flexibility index (Phi) is 5.25. The van der Waals surface area contributed by atoms with Crippen molar-refractivity contribution in [3.63, 3.8) is 0 Å². The zero-order valence-electron chi connectivity index (χ0n) is 14.8. The van der Waals surface area contributed by atoms with Gasteiger partial charge in [-0.3, -0.25) is 4.79 Å². The molecule has 1 aromatic rings. The summed E-state index contributed by atoms with van der Waals surface area (Å²) in [6, 6.07) is 7.86. The van der Waals surface area contributed by atoms with E-state index < -0.39 is 9.84 Å². The highest BCUT2D eigenvalue weighted by molar-refractivity contribution is 8.16. The summed E-state index contributed by atoms with van der Waals surface area (Å²) in [7, 11) is -3.04. The molecule has 25 heavy (non-hydrogen) atoms. The minimum absolute atomic E-state index is 0.0570. The normalized spacial score (nSPS) is 26.4. The topological polar surface area (TPSA) is 66.8 Å². The average molecular weight is 381 g/mol. The molecule has 2 heterocycles. The average Bonchev–Trinajstić information content (AvgIpc) is 2.98. The Morgan fingerprint density at radius 2 is 2.04 bits per heavy atom. The number of fused-ring (bicyclic) bond motifs is 1. The first-order chi connectivity index (χ1) is 11.8. The van der Waals surface area contributed by atoms with Gasteiger partial charge in [-0.1, -0.05) is 50.7 Å². The summed E-state index contributed by atoms with van der Waals surface area (Å²) in [6.45, 7) is 6.18. The van der Waals surface area contributed by atoms with Gasteiger partial charge >= 0.3 is 0 Å². The smallest absolute Gasteiger partial charge is 0.248 e. The number of hydrogen-bond acceptors (Lipinski definition) is 4. The van der Waals surface area contributed by atoms with Crippen molar-refractivity contribution >= 4 is 38.4 Å². The van der Waals surface area contributed by atoms with Crippen LogP contribution in [0.4, 0.5) is 5.69 Å². The standard InChI is InChI=1S/C18H24N2O3S2/c1-4-7-17(21)19-18-20(14-9-6-5-8-13(14)12(2)3)15-10-25(22,23)11-16(15)24-18/h5-6,8-9,12,15-16H,4,7,10-11H2,1-3H3/t15-,16-/m1/s1. The summed E-state index contributed by atoms with van der Waals surface area (Å²) in [4.78, 5) is 18.4. The monoisotopic (exact) mass is 380 g/mol. The first-order valence-electron chi connectivity index (χ1n) is 8.69. The molecule has 0 aromatic heterocycles. The molecule has 0 radical (unpaired) electrons. The molecule has 0 unspecified atom stereocenters. The van der Waals surface area contributed by atoms with Crippen LogP contribution in [0.3, 0.4) is 0 Å². The summed E-state index contributed by atoms with van der Waals surface area (Å²) in [6.07, 6.45) is 1.17. The number of sulfone groups is 1. The van der Waals surface area contributed by atoms with Gasteiger partial charge in [0.25, 0.3) is 0 Å². The summed E-state index contributed by atoms with van der Waals surface area (Å²) in [5, 5.41) is 0.592. The number of carbonyl (C=O) groups excluding carboxylic acids is 1. The number of hydrogen-bond donors (Lipinski definition) is 0. The van der Waals surface area contributed by atoms with E-state index >= 15 is 0 Å². The molecular formula is C18H24N2O3S2. The Hall–Kier alpha value is -1.34. The lowest BCUT2D eigenvalue weighted by molar-refractivity contribution is -0.117. The number of amides is 1. The Labute approximate surface area is 153 Å². The maximum atomic E-state index is 12.1. The molecule has 2 aliphatic rings. The molecule has 0 bridgehead atoms. The van der Waals surface area contributed by atoms with Crippen LogP contribution in [0.15, 0.2) is 29.3 Å². The van der Waals surface area contributed by atoms with E-state index in [0.717, 1.165) is 17.7 Å². The van der Waals surface area contributed by atoms with Crippen LogP contribution >= 0.6 is 11.8 Å². The van der Waals surface area contributed by atoms with Crippen molar-refractivity contribution < 1.29 is 13.2 Å². The van der Waals surface area contributed by atoms with Crippen molar-refractivity contribution in [3.05, 3.63) is 29.8 Å². The Morgan fingerprint density at radius 1 is 1.32 bits per heavy atom. The van der Waals surface area contributed by atoms with Gasteiger partial charge in [0, 0.05) is 17.4 Å². The molecule has 2 fully saturated rings. The van der Waals surface area contributed by atoms with E-state index in [1.54, 1.807) is 0 Å². The van der Waals surface area contributed by atoms with E-state index in [1.165, 1.54) is 11.8 Å². The second-order valence-electron chi connectivity index (χ2n) is 6.92. The summed E-state index contributed by atoms with van der Waals surface area (Å²) < 4.78 is 24.2. The minimum Gasteiger partial charge on any atom is -0.315 e. The van der Waals surface area contributed by atoms with Crippen molar-refractivity contribution in [1.29, 1.82) is 0 Å². The zero-order chi connectivity index (χ0) is 18.2. The second-order valence-corrected chi connectivity index (χ2v) is 10.3. The molecule has 2 atom stereocenters. The summed E-state index contributed by atoms with van der Waals surface area (Å²) in [5.41, 5.74) is 2.11. The molecule has 136 valence electrons. The van der Waals surface area contributed by atoms with Gasteiger partial charge in [-0.2, -0.15) is 4.99 Å². The molecule has 0 aliphatic carbocycles. The highest BCUT2D eigenvalue weighted by atomic mass is 32.2. The van der Waals surface area contributed by atoms with Crippen molar-refractivity contribution in [2.24, 2.45) is 4.99 Å². The number of thioether (sulfide) groups is 1.